The Morgan fingerprint density at radius 3 is 2.80 bits per heavy atom. The smallest absolute Gasteiger partial charge is 0.325 e. The predicted molar refractivity (Wildman–Crippen MR) is 76.4 cm³/mol. The van der Waals surface area contributed by atoms with Crippen LogP contribution in [0, 0.1) is 0 Å². The lowest BCUT2D eigenvalue weighted by atomic mass is 9.82. The van der Waals surface area contributed by atoms with Gasteiger partial charge < -0.3 is 9.64 Å². The van der Waals surface area contributed by atoms with E-state index in [0.29, 0.717) is 6.54 Å². The molecule has 0 aliphatic heterocycles. The molecule has 4 heteroatoms. The van der Waals surface area contributed by atoms with Crippen LogP contribution in [0.5, 0.6) is 0 Å². The summed E-state index contributed by atoms with van der Waals surface area (Å²) in [5.74, 6) is -0.459. The Morgan fingerprint density at radius 2 is 2.10 bits per heavy atom. The Kier molecular flexibility index (Phi) is 4.77. The molecule has 1 unspecified atom stereocenters. The number of carbonyl (C=O) groups excluding carboxylic acids is 2. The molecule has 1 aromatic carbocycles. The van der Waals surface area contributed by atoms with Crippen LogP contribution in [-0.2, 0) is 20.7 Å². The van der Waals surface area contributed by atoms with Crippen molar-refractivity contribution >= 4 is 11.9 Å². The summed E-state index contributed by atoms with van der Waals surface area (Å²) in [6, 6.07) is 8.10. The first-order valence-electron chi connectivity index (χ1n) is 7.10. The maximum absolute atomic E-state index is 12.7. The first kappa shape index (κ1) is 14.6. The molecule has 2 rings (SSSR count). The largest absolute Gasteiger partial charge is 0.468 e. The molecule has 0 heterocycles. The number of benzene rings is 1. The topological polar surface area (TPSA) is 46.6 Å². The number of hydrogen-bond donors (Lipinski definition) is 0. The van der Waals surface area contributed by atoms with E-state index >= 15 is 0 Å². The lowest BCUT2D eigenvalue weighted by Crippen LogP contribution is -2.40. The summed E-state index contributed by atoms with van der Waals surface area (Å²) in [7, 11) is 1.34. The summed E-state index contributed by atoms with van der Waals surface area (Å²) in [6.07, 6.45) is 2.90. The van der Waals surface area contributed by atoms with E-state index in [4.69, 9.17) is 0 Å². The van der Waals surface area contributed by atoms with Crippen LogP contribution in [0.15, 0.2) is 24.3 Å². The second kappa shape index (κ2) is 6.55. The van der Waals surface area contributed by atoms with Crippen molar-refractivity contribution in [2.45, 2.75) is 32.1 Å². The van der Waals surface area contributed by atoms with Crippen molar-refractivity contribution in [2.75, 3.05) is 20.2 Å². The Labute approximate surface area is 119 Å². The minimum absolute atomic E-state index is 0.0322. The quantitative estimate of drug-likeness (QED) is 0.791. The van der Waals surface area contributed by atoms with Crippen LogP contribution in [0.1, 0.15) is 36.8 Å². The molecular formula is C16H21NO3. The summed E-state index contributed by atoms with van der Waals surface area (Å²) >= 11 is 0. The Hall–Kier alpha value is -1.84. The zero-order valence-electron chi connectivity index (χ0n) is 12.1. The van der Waals surface area contributed by atoms with Gasteiger partial charge in [-0.05, 0) is 37.3 Å². The van der Waals surface area contributed by atoms with Gasteiger partial charge in [-0.1, -0.05) is 24.3 Å². The van der Waals surface area contributed by atoms with Crippen molar-refractivity contribution in [3.05, 3.63) is 35.4 Å². The van der Waals surface area contributed by atoms with Crippen LogP contribution in [0.2, 0.25) is 0 Å². The highest BCUT2D eigenvalue weighted by atomic mass is 16.5. The fourth-order valence-corrected chi connectivity index (χ4v) is 2.80. The molecule has 0 saturated heterocycles. The highest BCUT2D eigenvalue weighted by molar-refractivity contribution is 5.87. The zero-order valence-corrected chi connectivity index (χ0v) is 12.1. The SMILES string of the molecule is CCN(CC(=O)OC)C(=O)C1CCCc2ccccc21. The first-order chi connectivity index (χ1) is 9.67. The number of likely N-dealkylation sites (N-methyl/N-ethyl adjacent to an activating group) is 1. The van der Waals surface area contributed by atoms with E-state index in [1.165, 1.54) is 12.7 Å². The van der Waals surface area contributed by atoms with Gasteiger partial charge in [-0.15, -0.1) is 0 Å². The second-order valence-electron chi connectivity index (χ2n) is 5.07. The molecule has 1 amide bonds. The molecule has 20 heavy (non-hydrogen) atoms. The number of carbonyl (C=O) groups is 2. The van der Waals surface area contributed by atoms with E-state index in [2.05, 4.69) is 10.8 Å². The third-order valence-electron chi connectivity index (χ3n) is 3.91. The van der Waals surface area contributed by atoms with Gasteiger partial charge in [-0.25, -0.2) is 0 Å². The summed E-state index contributed by atoms with van der Waals surface area (Å²) < 4.78 is 4.66. The Morgan fingerprint density at radius 1 is 1.35 bits per heavy atom. The number of ether oxygens (including phenoxy) is 1. The van der Waals surface area contributed by atoms with E-state index in [0.717, 1.165) is 24.8 Å². The van der Waals surface area contributed by atoms with E-state index in [1.807, 2.05) is 25.1 Å². The minimum Gasteiger partial charge on any atom is -0.468 e. The average Bonchev–Trinajstić information content (AvgIpc) is 2.51. The molecule has 0 spiro atoms. The average molecular weight is 275 g/mol. The fourth-order valence-electron chi connectivity index (χ4n) is 2.80. The third-order valence-corrected chi connectivity index (χ3v) is 3.91. The molecule has 108 valence electrons. The van der Waals surface area contributed by atoms with Crippen molar-refractivity contribution in [1.29, 1.82) is 0 Å². The van der Waals surface area contributed by atoms with Crippen molar-refractivity contribution in [3.8, 4) is 0 Å². The normalized spacial score (nSPS) is 17.2. The van der Waals surface area contributed by atoms with E-state index in [1.54, 1.807) is 4.90 Å². The first-order valence-corrected chi connectivity index (χ1v) is 7.10. The van der Waals surface area contributed by atoms with Crippen LogP contribution in [0.4, 0.5) is 0 Å². The van der Waals surface area contributed by atoms with Crippen LogP contribution in [0.3, 0.4) is 0 Å². The summed E-state index contributed by atoms with van der Waals surface area (Å²) in [5.41, 5.74) is 2.37. The molecule has 4 nitrogen and oxygen atoms in total. The molecule has 0 radical (unpaired) electrons. The molecular weight excluding hydrogens is 254 g/mol. The summed E-state index contributed by atoms with van der Waals surface area (Å²) in [6.45, 7) is 2.44. The third kappa shape index (κ3) is 3.00. The molecule has 0 N–H and O–H groups in total. The number of aryl methyl sites for hydroxylation is 1. The predicted octanol–water partition coefficient (Wildman–Crippen LogP) is 2.13. The van der Waals surface area contributed by atoms with Crippen molar-refractivity contribution in [2.24, 2.45) is 0 Å². The number of esters is 1. The molecule has 0 bridgehead atoms. The van der Waals surface area contributed by atoms with E-state index < -0.39 is 0 Å². The Bertz CT molecular complexity index is 498. The number of fused-ring (bicyclic) bond motifs is 1. The highest BCUT2D eigenvalue weighted by Crippen LogP contribution is 2.32. The lowest BCUT2D eigenvalue weighted by Gasteiger charge is -2.29. The number of rotatable bonds is 4. The number of amides is 1. The monoisotopic (exact) mass is 275 g/mol. The standard InChI is InChI=1S/C16H21NO3/c1-3-17(11-15(18)20-2)16(19)14-10-6-8-12-7-4-5-9-13(12)14/h4-5,7,9,14H,3,6,8,10-11H2,1-2H3. The van der Waals surface area contributed by atoms with Crippen molar-refractivity contribution in [1.82, 2.24) is 4.90 Å². The molecule has 1 atom stereocenters. The lowest BCUT2D eigenvalue weighted by molar-refractivity contribution is -0.147. The van der Waals surface area contributed by atoms with Crippen LogP contribution < -0.4 is 0 Å². The van der Waals surface area contributed by atoms with Gasteiger partial charge in [0.1, 0.15) is 6.54 Å². The van der Waals surface area contributed by atoms with E-state index in [-0.39, 0.29) is 24.3 Å². The number of nitrogens with zero attached hydrogens (tertiary/aromatic N) is 1. The minimum atomic E-state index is -0.371. The maximum Gasteiger partial charge on any atom is 0.325 e. The van der Waals surface area contributed by atoms with Crippen molar-refractivity contribution < 1.29 is 14.3 Å². The van der Waals surface area contributed by atoms with Gasteiger partial charge >= 0.3 is 5.97 Å². The van der Waals surface area contributed by atoms with Gasteiger partial charge in [0.2, 0.25) is 5.91 Å². The highest BCUT2D eigenvalue weighted by Gasteiger charge is 2.30. The number of hydrogen-bond acceptors (Lipinski definition) is 3. The fraction of sp³-hybridized carbons (Fsp3) is 0.500. The van der Waals surface area contributed by atoms with Gasteiger partial charge in [0.05, 0.1) is 13.0 Å². The molecule has 1 aliphatic carbocycles. The Balaban J connectivity index is 2.18. The molecule has 0 aromatic heterocycles. The van der Waals surface area contributed by atoms with Crippen molar-refractivity contribution in [3.63, 3.8) is 0 Å². The van der Waals surface area contributed by atoms with E-state index in [9.17, 15) is 9.59 Å². The summed E-state index contributed by atoms with van der Waals surface area (Å²) in [4.78, 5) is 25.6. The van der Waals surface area contributed by atoms with Gasteiger partial charge in [0.25, 0.3) is 0 Å². The van der Waals surface area contributed by atoms with Gasteiger partial charge in [0.15, 0.2) is 0 Å². The number of methoxy groups -OCH3 is 1. The molecule has 1 aliphatic rings. The zero-order chi connectivity index (χ0) is 14.5. The molecule has 0 fully saturated rings. The van der Waals surface area contributed by atoms with Gasteiger partial charge in [-0.3, -0.25) is 9.59 Å². The molecule has 1 aromatic rings. The van der Waals surface area contributed by atoms with Gasteiger partial charge in [-0.2, -0.15) is 0 Å². The van der Waals surface area contributed by atoms with Crippen LogP contribution in [-0.4, -0.2) is 37.0 Å². The second-order valence-corrected chi connectivity index (χ2v) is 5.07. The molecule has 0 saturated carbocycles. The van der Waals surface area contributed by atoms with Crippen LogP contribution >= 0.6 is 0 Å². The maximum atomic E-state index is 12.7. The van der Waals surface area contributed by atoms with Gasteiger partial charge in [0, 0.05) is 6.54 Å². The van der Waals surface area contributed by atoms with Crippen LogP contribution in [0.25, 0.3) is 0 Å². The summed E-state index contributed by atoms with van der Waals surface area (Å²) in [5, 5.41) is 0.